The van der Waals surface area contributed by atoms with Crippen molar-refractivity contribution in [2.75, 3.05) is 39.0 Å². The summed E-state index contributed by atoms with van der Waals surface area (Å²) in [6.07, 6.45) is 8.24. The molecule has 0 bridgehead atoms. The summed E-state index contributed by atoms with van der Waals surface area (Å²) in [4.78, 5) is 0. The Morgan fingerprint density at radius 3 is 2.48 bits per heavy atom. The molecule has 1 heterocycles. The summed E-state index contributed by atoms with van der Waals surface area (Å²) < 4.78 is 24.8. The smallest absolute Gasteiger partial charge is 0.211 e. The number of piperidine rings is 1. The van der Waals surface area contributed by atoms with E-state index in [1.165, 1.54) is 25.5 Å². The minimum absolute atomic E-state index is 0.303. The molecule has 1 aliphatic carbocycles. The maximum Gasteiger partial charge on any atom is 0.211 e. The summed E-state index contributed by atoms with van der Waals surface area (Å²) in [7, 11) is -3.04. The van der Waals surface area contributed by atoms with Gasteiger partial charge in [-0.2, -0.15) is 0 Å². The molecule has 21 heavy (non-hydrogen) atoms. The van der Waals surface area contributed by atoms with Gasteiger partial charge in [0.1, 0.15) is 0 Å². The molecule has 2 N–H and O–H groups in total. The average molecular weight is 318 g/mol. The molecule has 0 aromatic rings. The van der Waals surface area contributed by atoms with Gasteiger partial charge in [-0.05, 0) is 56.5 Å². The van der Waals surface area contributed by atoms with E-state index in [1.54, 1.807) is 4.31 Å². The van der Waals surface area contributed by atoms with Crippen LogP contribution in [-0.2, 0) is 10.0 Å². The maximum absolute atomic E-state index is 11.6. The van der Waals surface area contributed by atoms with E-state index in [0.29, 0.717) is 37.5 Å². The van der Waals surface area contributed by atoms with Gasteiger partial charge in [0.2, 0.25) is 10.0 Å². The first-order chi connectivity index (χ1) is 10.0. The Morgan fingerprint density at radius 1 is 1.10 bits per heavy atom. The van der Waals surface area contributed by atoms with Crippen LogP contribution in [0.25, 0.3) is 0 Å². The number of sulfonamides is 1. The highest BCUT2D eigenvalue weighted by Gasteiger charge is 2.27. The highest BCUT2D eigenvalue weighted by atomic mass is 32.2. The number of aliphatic hydroxyl groups excluding tert-OH is 1. The van der Waals surface area contributed by atoms with E-state index in [2.05, 4.69) is 5.32 Å². The molecule has 5 nitrogen and oxygen atoms in total. The summed E-state index contributed by atoms with van der Waals surface area (Å²) in [5, 5.41) is 13.0. The molecule has 0 aromatic carbocycles. The normalized spacial score (nSPS) is 32.2. The van der Waals surface area contributed by atoms with Crippen molar-refractivity contribution in [1.29, 1.82) is 0 Å². The Balaban J connectivity index is 1.73. The van der Waals surface area contributed by atoms with Crippen molar-refractivity contribution < 1.29 is 13.5 Å². The summed E-state index contributed by atoms with van der Waals surface area (Å²) in [5.41, 5.74) is 0. The van der Waals surface area contributed by atoms with Crippen LogP contribution in [0.15, 0.2) is 0 Å². The van der Waals surface area contributed by atoms with Gasteiger partial charge < -0.3 is 10.4 Å². The monoisotopic (exact) mass is 318 g/mol. The number of hydrogen-bond acceptors (Lipinski definition) is 4. The Hall–Kier alpha value is -0.170. The van der Waals surface area contributed by atoms with Crippen LogP contribution in [-0.4, -0.2) is 56.9 Å². The quantitative estimate of drug-likeness (QED) is 0.768. The van der Waals surface area contributed by atoms with E-state index >= 15 is 0 Å². The van der Waals surface area contributed by atoms with Crippen molar-refractivity contribution in [2.24, 2.45) is 17.8 Å². The first-order valence-electron chi connectivity index (χ1n) is 8.27. The van der Waals surface area contributed by atoms with Crippen molar-refractivity contribution in [3.8, 4) is 0 Å². The van der Waals surface area contributed by atoms with E-state index in [-0.39, 0.29) is 0 Å². The third kappa shape index (κ3) is 5.20. The van der Waals surface area contributed by atoms with Gasteiger partial charge in [-0.25, -0.2) is 12.7 Å². The number of aliphatic hydroxyl groups is 1. The van der Waals surface area contributed by atoms with Crippen molar-refractivity contribution >= 4 is 10.0 Å². The fraction of sp³-hybridized carbons (Fsp3) is 1.00. The summed E-state index contributed by atoms with van der Waals surface area (Å²) >= 11 is 0. The molecule has 2 fully saturated rings. The molecule has 0 radical (unpaired) electrons. The van der Waals surface area contributed by atoms with Crippen LogP contribution < -0.4 is 5.32 Å². The number of rotatable bonds is 6. The van der Waals surface area contributed by atoms with Crippen molar-refractivity contribution in [3.63, 3.8) is 0 Å². The summed E-state index contributed by atoms with van der Waals surface area (Å²) in [6, 6.07) is 0. The summed E-state index contributed by atoms with van der Waals surface area (Å²) in [5.74, 6) is 1.45. The Morgan fingerprint density at radius 2 is 1.81 bits per heavy atom. The zero-order chi connectivity index (χ0) is 15.3. The molecule has 3 unspecified atom stereocenters. The molecule has 1 saturated carbocycles. The van der Waals surface area contributed by atoms with Gasteiger partial charge in [0.25, 0.3) is 0 Å². The molecule has 2 aliphatic rings. The molecule has 0 aromatic heterocycles. The minimum atomic E-state index is -3.04. The van der Waals surface area contributed by atoms with Gasteiger partial charge in [-0.1, -0.05) is 12.8 Å². The second-order valence-electron chi connectivity index (χ2n) is 6.77. The average Bonchev–Trinajstić information content (AvgIpc) is 2.47. The molecule has 2 rings (SSSR count). The zero-order valence-electron chi connectivity index (χ0n) is 13.1. The van der Waals surface area contributed by atoms with Crippen LogP contribution in [0.1, 0.15) is 38.5 Å². The largest absolute Gasteiger partial charge is 0.396 e. The van der Waals surface area contributed by atoms with Crippen LogP contribution in [0, 0.1) is 17.8 Å². The van der Waals surface area contributed by atoms with Gasteiger partial charge in [-0.15, -0.1) is 0 Å². The molecular weight excluding hydrogens is 288 g/mol. The molecule has 1 saturated heterocycles. The minimum Gasteiger partial charge on any atom is -0.396 e. The molecule has 6 heteroatoms. The van der Waals surface area contributed by atoms with Crippen molar-refractivity contribution in [2.45, 2.75) is 38.5 Å². The van der Waals surface area contributed by atoms with Gasteiger partial charge in [0.15, 0.2) is 0 Å². The lowest BCUT2D eigenvalue weighted by atomic mass is 9.79. The molecular formula is C15H30N2O3S. The lowest BCUT2D eigenvalue weighted by Crippen LogP contribution is -2.43. The predicted octanol–water partition coefficient (Wildman–Crippen LogP) is 1.05. The second kappa shape index (κ2) is 7.90. The molecule has 3 atom stereocenters. The number of nitrogens with one attached hydrogen (secondary N) is 1. The van der Waals surface area contributed by atoms with Gasteiger partial charge in [0.05, 0.1) is 6.26 Å². The number of hydrogen-bond donors (Lipinski definition) is 2. The number of nitrogens with zero attached hydrogens (tertiary/aromatic N) is 1. The highest BCUT2D eigenvalue weighted by molar-refractivity contribution is 7.88. The highest BCUT2D eigenvalue weighted by Crippen LogP contribution is 2.29. The second-order valence-corrected chi connectivity index (χ2v) is 8.76. The molecule has 1 aliphatic heterocycles. The van der Waals surface area contributed by atoms with Crippen molar-refractivity contribution in [1.82, 2.24) is 9.62 Å². The maximum atomic E-state index is 11.6. The first kappa shape index (κ1) is 17.2. The van der Waals surface area contributed by atoms with E-state index in [4.69, 9.17) is 0 Å². The van der Waals surface area contributed by atoms with Crippen LogP contribution in [0.5, 0.6) is 0 Å². The third-order valence-electron chi connectivity index (χ3n) is 5.09. The molecule has 0 amide bonds. The third-order valence-corrected chi connectivity index (χ3v) is 6.36. The Kier molecular flexibility index (Phi) is 6.47. The lowest BCUT2D eigenvalue weighted by Gasteiger charge is -2.33. The standard InChI is InChI=1S/C15H30N2O3S/c1-21(19,20)17-8-4-5-13(11-17)9-16-10-14-6-2-3-7-15(14)12-18/h13-16,18H,2-12H2,1H3. The SMILES string of the molecule is CS(=O)(=O)N1CCCC(CNCC2CCCCC2CO)C1. The van der Waals surface area contributed by atoms with Crippen LogP contribution >= 0.6 is 0 Å². The van der Waals surface area contributed by atoms with Crippen molar-refractivity contribution in [3.05, 3.63) is 0 Å². The molecule has 124 valence electrons. The topological polar surface area (TPSA) is 69.6 Å². The van der Waals surface area contributed by atoms with Crippen LogP contribution in [0.4, 0.5) is 0 Å². The predicted molar refractivity (Wildman–Crippen MR) is 84.5 cm³/mol. The van der Waals surface area contributed by atoms with Gasteiger partial charge in [0, 0.05) is 19.7 Å². The molecule has 0 spiro atoms. The van der Waals surface area contributed by atoms with E-state index in [1.807, 2.05) is 0 Å². The fourth-order valence-corrected chi connectivity index (χ4v) is 4.70. The Labute approximate surface area is 129 Å². The van der Waals surface area contributed by atoms with Crippen LogP contribution in [0.2, 0.25) is 0 Å². The Bertz CT molecular complexity index is 413. The van der Waals surface area contributed by atoms with Gasteiger partial charge in [-0.3, -0.25) is 0 Å². The van der Waals surface area contributed by atoms with E-state index in [0.717, 1.165) is 32.4 Å². The van der Waals surface area contributed by atoms with Crippen LogP contribution in [0.3, 0.4) is 0 Å². The first-order valence-corrected chi connectivity index (χ1v) is 10.1. The fourth-order valence-electron chi connectivity index (χ4n) is 3.76. The zero-order valence-corrected chi connectivity index (χ0v) is 13.9. The van der Waals surface area contributed by atoms with E-state index < -0.39 is 10.0 Å². The lowest BCUT2D eigenvalue weighted by molar-refractivity contribution is 0.131. The van der Waals surface area contributed by atoms with Gasteiger partial charge >= 0.3 is 0 Å². The summed E-state index contributed by atoms with van der Waals surface area (Å²) in [6.45, 7) is 3.48. The van der Waals surface area contributed by atoms with E-state index in [9.17, 15) is 13.5 Å².